The molecule has 0 amide bonds. The second-order valence-corrected chi connectivity index (χ2v) is 21.9. The number of fused-ring (bicyclic) bond motifs is 2. The Morgan fingerprint density at radius 2 is 1.16 bits per heavy atom. The van der Waals surface area contributed by atoms with Crippen LogP contribution in [-0.2, 0) is 55.4 Å². The minimum absolute atomic E-state index is 0.00698. The van der Waals surface area contributed by atoms with Crippen molar-refractivity contribution in [2.24, 2.45) is 0 Å². The van der Waals surface area contributed by atoms with Crippen LogP contribution in [-0.4, -0.2) is 105 Å². The van der Waals surface area contributed by atoms with E-state index in [2.05, 4.69) is 0 Å². The molecule has 0 fully saturated rings. The first kappa shape index (κ1) is 51.7. The van der Waals surface area contributed by atoms with Crippen molar-refractivity contribution in [3.05, 3.63) is 95.7 Å². The highest BCUT2D eigenvalue weighted by molar-refractivity contribution is 7.87. The van der Waals surface area contributed by atoms with Crippen LogP contribution in [0.5, 0.6) is 0 Å². The van der Waals surface area contributed by atoms with Gasteiger partial charge in [-0.2, -0.15) is 46.7 Å². The van der Waals surface area contributed by atoms with Crippen LogP contribution in [0.2, 0.25) is 0 Å². The van der Waals surface area contributed by atoms with Crippen LogP contribution in [0.4, 0.5) is 11.4 Å². The fourth-order valence-corrected chi connectivity index (χ4v) is 10.2. The maximum absolute atomic E-state index is 12.3. The zero-order valence-corrected chi connectivity index (χ0v) is 38.9. The maximum Gasteiger partial charge on any atom is 0.303 e. The third kappa shape index (κ3) is 13.3. The summed E-state index contributed by atoms with van der Waals surface area (Å²) in [6.45, 7) is 6.85. The first-order valence-electron chi connectivity index (χ1n) is 19.0. The van der Waals surface area contributed by atoms with Gasteiger partial charge in [-0.1, -0.05) is 30.7 Å². The molecule has 0 aliphatic heterocycles. The number of carboxylic acids is 1. The van der Waals surface area contributed by atoms with Crippen molar-refractivity contribution in [3.8, 4) is 0 Å². The van der Waals surface area contributed by atoms with Crippen LogP contribution in [0.3, 0.4) is 0 Å². The summed E-state index contributed by atoms with van der Waals surface area (Å²) >= 11 is 0. The Morgan fingerprint density at radius 1 is 0.625 bits per heavy atom. The average molecular weight is 988 g/mol. The molecule has 6 N–H and O–H groups in total. The van der Waals surface area contributed by atoms with E-state index in [1.807, 2.05) is 4.90 Å². The molecule has 0 spiro atoms. The molecule has 0 bridgehead atoms. The summed E-state index contributed by atoms with van der Waals surface area (Å²) in [7, 11) is -24.2. The molecule has 348 valence electrons. The fraction of sp³-hybridized carbons (Fsp3) is 0.300. The lowest BCUT2D eigenvalue weighted by atomic mass is 10.0. The Bertz CT molecular complexity index is 3210. The predicted octanol–water partition coefficient (Wildman–Crippen LogP) is 6.15. The van der Waals surface area contributed by atoms with Gasteiger partial charge in [0.15, 0.2) is 5.71 Å². The molecule has 24 heteroatoms. The highest BCUT2D eigenvalue weighted by Crippen LogP contribution is 2.37. The van der Waals surface area contributed by atoms with Gasteiger partial charge in [-0.3, -0.25) is 27.6 Å². The number of carboxylic acid groups (broad SMARTS) is 1. The topological polar surface area (TPSA) is 315 Å². The molecule has 0 unspecified atom stereocenters. The number of benzene rings is 4. The van der Waals surface area contributed by atoms with Gasteiger partial charge < -0.3 is 10.0 Å². The predicted molar refractivity (Wildman–Crippen MR) is 239 cm³/mol. The van der Waals surface area contributed by atoms with Gasteiger partial charge in [0.2, 0.25) is 5.69 Å². The number of aliphatic carboxylic acids is 1. The van der Waals surface area contributed by atoms with Crippen LogP contribution < -0.4 is 4.90 Å². The van der Waals surface area contributed by atoms with Crippen LogP contribution in [0.1, 0.15) is 57.1 Å². The minimum Gasteiger partial charge on any atom is -0.481 e. The number of allylic oxidation sites excluding steroid dienone is 6. The van der Waals surface area contributed by atoms with Crippen LogP contribution in [0.15, 0.2) is 104 Å². The Hall–Kier alpha value is -4.89. The van der Waals surface area contributed by atoms with Crippen molar-refractivity contribution in [1.29, 1.82) is 0 Å². The number of hydrogen-bond donors (Lipinski definition) is 6. The largest absolute Gasteiger partial charge is 0.481 e. The molecule has 0 aliphatic rings. The summed E-state index contributed by atoms with van der Waals surface area (Å²) in [5, 5.41) is 9.16. The van der Waals surface area contributed by atoms with Gasteiger partial charge in [-0.05, 0) is 92.4 Å². The number of nitrogens with zero attached hydrogens (tertiary/aromatic N) is 2. The molecule has 4 aromatic rings. The summed E-state index contributed by atoms with van der Waals surface area (Å²) in [4.78, 5) is 9.88. The number of aryl methyl sites for hydroxylation is 2. The van der Waals surface area contributed by atoms with Crippen LogP contribution in [0, 0.1) is 13.8 Å². The Kier molecular flexibility index (Phi) is 16.2. The molecule has 0 saturated carbocycles. The smallest absolute Gasteiger partial charge is 0.303 e. The summed E-state index contributed by atoms with van der Waals surface area (Å²) < 4.78 is 171. The second kappa shape index (κ2) is 20.1. The van der Waals surface area contributed by atoms with E-state index in [1.165, 1.54) is 25.1 Å². The third-order valence-electron chi connectivity index (χ3n) is 10.2. The standard InChI is InChI=1S/C40H46N2O17S5/c1-26(41(19-10-6-9-14-40(43)44)36-17-15-32-34(28(36)3)22-30(61(48,49)50)24-38(32)63(54,55)56)12-7-5-8-13-27(2)42(20-11-21-60(45,46)47)37-18-16-33-35(29(37)4)23-31(62(51,52)53)25-39(33)64(57,58)59/h5,7-8,12-13,15-18,22-25H,6,9-11,14,19-21H2,1-4H3,(H5-,43,44,45,46,47,48,49,50,51,52,53,54,55,56,57,58,59)/p+1. The molecule has 0 heterocycles. The number of hydrogen-bond acceptors (Lipinski definition) is 12. The third-order valence-corrected chi connectivity index (χ3v) is 14.4. The number of rotatable bonds is 20. The molecular weight excluding hydrogens is 941 g/mol. The van der Waals surface area contributed by atoms with E-state index in [0.717, 1.165) is 12.1 Å². The van der Waals surface area contributed by atoms with Crippen molar-refractivity contribution in [2.45, 2.75) is 79.4 Å². The Morgan fingerprint density at radius 3 is 1.66 bits per heavy atom. The van der Waals surface area contributed by atoms with Crippen LogP contribution in [0.25, 0.3) is 21.5 Å². The normalized spacial score (nSPS) is 13.9. The molecular formula is C40H47N2O17S5+. The zero-order chi connectivity index (χ0) is 48.2. The Balaban J connectivity index is 1.81. The quantitative estimate of drug-likeness (QED) is 0.0190. The average Bonchev–Trinajstić information content (AvgIpc) is 3.16. The SMILES string of the molecule is CC(/C=C/C=C/C=C(\C)N(CCCCCC(=O)O)c1ccc2c(S(=O)(=O)O)cc(S(=O)(=O)O)cc2c1C)=[N+](CCCS(=O)(=O)O)c1ccc2c(S(=O)(=O)O)cc(S(=O)(=O)O)cc2c1C. The highest BCUT2D eigenvalue weighted by atomic mass is 32.2. The summed E-state index contributed by atoms with van der Waals surface area (Å²) in [6, 6.07) is 9.14. The fourth-order valence-electron chi connectivity index (χ4n) is 7.06. The van der Waals surface area contributed by atoms with Gasteiger partial charge in [0, 0.05) is 66.2 Å². The van der Waals surface area contributed by atoms with Gasteiger partial charge >= 0.3 is 5.97 Å². The van der Waals surface area contributed by atoms with Gasteiger partial charge in [0.1, 0.15) is 16.3 Å². The van der Waals surface area contributed by atoms with Crippen LogP contribution >= 0.6 is 0 Å². The van der Waals surface area contributed by atoms with E-state index in [4.69, 9.17) is 5.11 Å². The number of unbranched alkanes of at least 4 members (excludes halogenated alkanes) is 2. The van der Waals surface area contributed by atoms with E-state index in [1.54, 1.807) is 61.8 Å². The van der Waals surface area contributed by atoms with E-state index >= 15 is 0 Å². The summed E-state index contributed by atoms with van der Waals surface area (Å²) in [5.74, 6) is -1.57. The first-order valence-corrected chi connectivity index (χ1v) is 26.4. The molecule has 0 atom stereocenters. The van der Waals surface area contributed by atoms with E-state index < -0.39 is 81.9 Å². The van der Waals surface area contributed by atoms with Gasteiger partial charge in [0.05, 0.1) is 15.5 Å². The number of carbonyl (C=O) groups is 1. The molecule has 4 aromatic carbocycles. The molecule has 0 aromatic heterocycles. The molecule has 64 heavy (non-hydrogen) atoms. The monoisotopic (exact) mass is 987 g/mol. The van der Waals surface area contributed by atoms with Gasteiger partial charge in [-0.25, -0.2) is 0 Å². The highest BCUT2D eigenvalue weighted by Gasteiger charge is 2.26. The molecule has 0 radical (unpaired) electrons. The summed E-state index contributed by atoms with van der Waals surface area (Å²) in [5.41, 5.74) is 2.65. The summed E-state index contributed by atoms with van der Waals surface area (Å²) in [6.07, 6.45) is 9.58. The zero-order valence-electron chi connectivity index (χ0n) is 34.8. The number of anilines is 1. The van der Waals surface area contributed by atoms with E-state index in [0.29, 0.717) is 66.3 Å². The van der Waals surface area contributed by atoms with Crippen molar-refractivity contribution in [2.75, 3.05) is 23.7 Å². The Labute approximate surface area is 371 Å². The van der Waals surface area contributed by atoms with Gasteiger partial charge in [0.25, 0.3) is 50.6 Å². The van der Waals surface area contributed by atoms with Crippen molar-refractivity contribution in [3.63, 3.8) is 0 Å². The van der Waals surface area contributed by atoms with Crippen molar-refractivity contribution in [1.82, 2.24) is 0 Å². The van der Waals surface area contributed by atoms with Gasteiger partial charge in [-0.15, -0.1) is 0 Å². The molecule has 0 aliphatic carbocycles. The molecule has 0 saturated heterocycles. The molecule has 4 rings (SSSR count). The minimum atomic E-state index is -4.98. The maximum atomic E-state index is 12.3. The van der Waals surface area contributed by atoms with Crippen molar-refractivity contribution < 1.29 is 79.3 Å². The second-order valence-electron chi connectivity index (χ2n) is 14.7. The van der Waals surface area contributed by atoms with E-state index in [9.17, 15) is 69.6 Å². The van der Waals surface area contributed by atoms with E-state index in [-0.39, 0.29) is 46.5 Å². The van der Waals surface area contributed by atoms with Crippen molar-refractivity contribution >= 4 is 95.2 Å². The lowest BCUT2D eigenvalue weighted by molar-refractivity contribution is -0.440. The first-order chi connectivity index (χ1) is 29.4. The lowest BCUT2D eigenvalue weighted by Gasteiger charge is -2.28. The lowest BCUT2D eigenvalue weighted by Crippen LogP contribution is -2.23. The molecule has 19 nitrogen and oxygen atoms in total.